The van der Waals surface area contributed by atoms with Gasteiger partial charge in [0.2, 0.25) is 0 Å². The monoisotopic (exact) mass is 354 g/mol. The Kier molecular flexibility index (Phi) is 4.84. The number of nitrogens with zero attached hydrogens (tertiary/aromatic N) is 1. The van der Waals surface area contributed by atoms with Gasteiger partial charge in [-0.15, -0.1) is 0 Å². The van der Waals surface area contributed by atoms with Gasteiger partial charge in [-0.25, -0.2) is 0 Å². The number of carboxylic acid groups (broad SMARTS) is 1. The second-order valence-electron chi connectivity index (χ2n) is 6.71. The van der Waals surface area contributed by atoms with E-state index in [1.807, 2.05) is 36.4 Å². The van der Waals surface area contributed by atoms with Crippen molar-refractivity contribution in [1.29, 1.82) is 0 Å². The van der Waals surface area contributed by atoms with Crippen molar-refractivity contribution in [3.63, 3.8) is 0 Å². The van der Waals surface area contributed by atoms with E-state index in [-0.39, 0.29) is 12.5 Å². The summed E-state index contributed by atoms with van der Waals surface area (Å²) in [4.78, 5) is 26.0. The Morgan fingerprint density at radius 3 is 2.42 bits per heavy atom. The second-order valence-corrected chi connectivity index (χ2v) is 6.71. The third-order valence-corrected chi connectivity index (χ3v) is 4.81. The van der Waals surface area contributed by atoms with Gasteiger partial charge in [-0.1, -0.05) is 24.3 Å². The van der Waals surface area contributed by atoms with Gasteiger partial charge in [0.05, 0.1) is 29.5 Å². The van der Waals surface area contributed by atoms with Gasteiger partial charge in [-0.3, -0.25) is 9.59 Å². The molecule has 3 rings (SSSR count). The van der Waals surface area contributed by atoms with Crippen LogP contribution in [0.2, 0.25) is 0 Å². The zero-order chi connectivity index (χ0) is 18.7. The van der Waals surface area contributed by atoms with Crippen molar-refractivity contribution < 1.29 is 19.4 Å². The Hall–Kier alpha value is -3.02. The Morgan fingerprint density at radius 1 is 1.12 bits per heavy atom. The topological polar surface area (TPSA) is 78.9 Å². The highest BCUT2D eigenvalue weighted by Crippen LogP contribution is 2.33. The Balaban J connectivity index is 1.86. The Labute approximate surface area is 152 Å². The zero-order valence-corrected chi connectivity index (χ0v) is 14.9. The molecular weight excluding hydrogens is 332 g/mol. The summed E-state index contributed by atoms with van der Waals surface area (Å²) in [6.07, 6.45) is 0.455. The first kappa shape index (κ1) is 17.8. The maximum Gasteiger partial charge on any atom is 0.311 e. The summed E-state index contributed by atoms with van der Waals surface area (Å²) in [5, 5.41) is 12.6. The Morgan fingerprint density at radius 2 is 1.77 bits per heavy atom. The molecular formula is C20H22N2O4. The first-order valence-corrected chi connectivity index (χ1v) is 8.46. The van der Waals surface area contributed by atoms with E-state index in [2.05, 4.69) is 5.32 Å². The third-order valence-electron chi connectivity index (χ3n) is 4.81. The molecule has 2 aromatic rings. The van der Waals surface area contributed by atoms with Crippen molar-refractivity contribution in [2.24, 2.45) is 5.41 Å². The van der Waals surface area contributed by atoms with Gasteiger partial charge in [0.1, 0.15) is 5.75 Å². The number of aliphatic carboxylic acids is 1. The molecule has 1 atom stereocenters. The van der Waals surface area contributed by atoms with E-state index in [9.17, 15) is 14.7 Å². The fraction of sp³-hybridized carbons (Fsp3) is 0.300. The number of likely N-dealkylation sites (tertiary alicyclic amines) is 1. The number of amides is 1. The van der Waals surface area contributed by atoms with Gasteiger partial charge in [0.25, 0.3) is 5.91 Å². The molecule has 26 heavy (non-hydrogen) atoms. The fourth-order valence-corrected chi connectivity index (χ4v) is 3.15. The van der Waals surface area contributed by atoms with Gasteiger partial charge in [0, 0.05) is 13.1 Å². The molecule has 1 heterocycles. The van der Waals surface area contributed by atoms with E-state index in [1.165, 1.54) is 0 Å². The number of rotatable bonds is 5. The van der Waals surface area contributed by atoms with Crippen LogP contribution < -0.4 is 10.1 Å². The van der Waals surface area contributed by atoms with E-state index >= 15 is 0 Å². The van der Waals surface area contributed by atoms with Crippen LogP contribution in [0.3, 0.4) is 0 Å². The molecule has 2 N–H and O–H groups in total. The number of anilines is 2. The standard InChI is InChI=1S/C20H22N2O4/c1-20(19(24)25)11-12-22(13-20)18(23)14-7-3-4-8-15(14)21-16-9-5-6-10-17(16)26-2/h3-10,21H,11-13H2,1-2H3,(H,24,25). The molecule has 0 aromatic heterocycles. The van der Waals surface area contributed by atoms with Crippen LogP contribution in [0.4, 0.5) is 11.4 Å². The van der Waals surface area contributed by atoms with E-state index in [0.717, 1.165) is 5.69 Å². The average Bonchev–Trinajstić information content (AvgIpc) is 3.06. The molecule has 136 valence electrons. The smallest absolute Gasteiger partial charge is 0.311 e. The number of methoxy groups -OCH3 is 1. The summed E-state index contributed by atoms with van der Waals surface area (Å²) in [6, 6.07) is 14.7. The molecule has 0 bridgehead atoms. The van der Waals surface area contributed by atoms with Gasteiger partial charge in [-0.05, 0) is 37.6 Å². The van der Waals surface area contributed by atoms with Gasteiger partial charge < -0.3 is 20.1 Å². The quantitative estimate of drug-likeness (QED) is 0.861. The lowest BCUT2D eigenvalue weighted by atomic mass is 9.90. The van der Waals surface area contributed by atoms with Crippen LogP contribution in [0.25, 0.3) is 0 Å². The molecule has 1 amide bonds. The van der Waals surface area contributed by atoms with Crippen molar-refractivity contribution in [2.75, 3.05) is 25.5 Å². The second kappa shape index (κ2) is 7.07. The molecule has 1 saturated heterocycles. The SMILES string of the molecule is COc1ccccc1Nc1ccccc1C(=O)N1CCC(C)(C(=O)O)C1. The number of nitrogens with one attached hydrogen (secondary N) is 1. The van der Waals surface area contributed by atoms with E-state index < -0.39 is 11.4 Å². The maximum atomic E-state index is 13.0. The number of para-hydroxylation sites is 3. The van der Waals surface area contributed by atoms with Gasteiger partial charge >= 0.3 is 5.97 Å². The van der Waals surface area contributed by atoms with Gasteiger partial charge in [-0.2, -0.15) is 0 Å². The number of carbonyl (C=O) groups is 2. The molecule has 0 radical (unpaired) electrons. The normalized spacial score (nSPS) is 19.2. The highest BCUT2D eigenvalue weighted by molar-refractivity contribution is 6.01. The molecule has 0 aliphatic carbocycles. The zero-order valence-electron chi connectivity index (χ0n) is 14.9. The molecule has 1 unspecified atom stereocenters. The number of benzene rings is 2. The van der Waals surface area contributed by atoms with Crippen molar-refractivity contribution in [3.05, 3.63) is 54.1 Å². The van der Waals surface area contributed by atoms with Crippen LogP contribution in [0.1, 0.15) is 23.7 Å². The van der Waals surface area contributed by atoms with Crippen molar-refractivity contribution >= 4 is 23.3 Å². The molecule has 0 saturated carbocycles. The lowest BCUT2D eigenvalue weighted by Gasteiger charge is -2.22. The van der Waals surface area contributed by atoms with E-state index in [1.54, 1.807) is 31.1 Å². The number of ether oxygens (including phenoxy) is 1. The van der Waals surface area contributed by atoms with Crippen LogP contribution >= 0.6 is 0 Å². The third kappa shape index (κ3) is 3.35. The summed E-state index contributed by atoms with van der Waals surface area (Å²) in [7, 11) is 1.59. The largest absolute Gasteiger partial charge is 0.495 e. The minimum Gasteiger partial charge on any atom is -0.495 e. The summed E-state index contributed by atoms with van der Waals surface area (Å²) in [6.45, 7) is 2.33. The number of hydrogen-bond donors (Lipinski definition) is 2. The van der Waals surface area contributed by atoms with Crippen LogP contribution in [-0.4, -0.2) is 42.1 Å². The number of carboxylic acids is 1. The van der Waals surface area contributed by atoms with Crippen molar-refractivity contribution in [1.82, 2.24) is 4.90 Å². The summed E-state index contributed by atoms with van der Waals surface area (Å²) < 4.78 is 5.35. The van der Waals surface area contributed by atoms with Crippen LogP contribution in [0.5, 0.6) is 5.75 Å². The minimum atomic E-state index is -0.888. The molecule has 1 aliphatic heterocycles. The highest BCUT2D eigenvalue weighted by atomic mass is 16.5. The predicted molar refractivity (Wildman–Crippen MR) is 99.0 cm³/mol. The number of carbonyl (C=O) groups excluding carboxylic acids is 1. The Bertz CT molecular complexity index is 836. The summed E-state index contributed by atoms with van der Waals surface area (Å²) in [5.74, 6) is -0.365. The van der Waals surface area contributed by atoms with Crippen molar-refractivity contribution in [3.8, 4) is 5.75 Å². The first-order valence-electron chi connectivity index (χ1n) is 8.46. The molecule has 1 aliphatic rings. The fourth-order valence-electron chi connectivity index (χ4n) is 3.15. The minimum absolute atomic E-state index is 0.173. The van der Waals surface area contributed by atoms with Crippen LogP contribution in [0.15, 0.2) is 48.5 Å². The summed E-state index contributed by atoms with van der Waals surface area (Å²) >= 11 is 0. The molecule has 6 nitrogen and oxygen atoms in total. The average molecular weight is 354 g/mol. The predicted octanol–water partition coefficient (Wildman–Crippen LogP) is 3.38. The number of hydrogen-bond acceptors (Lipinski definition) is 4. The lowest BCUT2D eigenvalue weighted by Crippen LogP contribution is -2.35. The molecule has 0 spiro atoms. The van der Waals surface area contributed by atoms with Crippen molar-refractivity contribution in [2.45, 2.75) is 13.3 Å². The maximum absolute atomic E-state index is 13.0. The lowest BCUT2D eigenvalue weighted by molar-refractivity contribution is -0.147. The van der Waals surface area contributed by atoms with Crippen LogP contribution in [0, 0.1) is 5.41 Å². The van der Waals surface area contributed by atoms with E-state index in [4.69, 9.17) is 4.74 Å². The molecule has 1 fully saturated rings. The highest BCUT2D eigenvalue weighted by Gasteiger charge is 2.42. The molecule has 6 heteroatoms. The van der Waals surface area contributed by atoms with Crippen LogP contribution in [-0.2, 0) is 4.79 Å². The van der Waals surface area contributed by atoms with E-state index in [0.29, 0.717) is 30.0 Å². The molecule has 2 aromatic carbocycles. The van der Waals surface area contributed by atoms with Gasteiger partial charge in [0.15, 0.2) is 0 Å². The summed E-state index contributed by atoms with van der Waals surface area (Å²) in [5.41, 5.74) is 1.03. The first-order chi connectivity index (χ1) is 12.4.